The zero-order valence-electron chi connectivity index (χ0n) is 16.0. The first-order chi connectivity index (χ1) is 13.4. The number of hydrogen-bond donors (Lipinski definition) is 3. The molecule has 1 aromatic heterocycles. The second-order valence-corrected chi connectivity index (χ2v) is 6.40. The Morgan fingerprint density at radius 2 is 1.75 bits per heavy atom. The molecular weight excluding hydrogens is 357 g/mol. The van der Waals surface area contributed by atoms with E-state index >= 15 is 0 Å². The second-order valence-electron chi connectivity index (χ2n) is 6.40. The molecule has 0 saturated heterocycles. The lowest BCUT2D eigenvalue weighted by Gasteiger charge is -2.14. The van der Waals surface area contributed by atoms with E-state index in [4.69, 9.17) is 0 Å². The predicted molar refractivity (Wildman–Crippen MR) is 108 cm³/mol. The predicted octanol–water partition coefficient (Wildman–Crippen LogP) is 4.23. The number of halogens is 1. The molecule has 6 heteroatoms. The van der Waals surface area contributed by atoms with Crippen molar-refractivity contribution in [3.8, 4) is 11.4 Å². The summed E-state index contributed by atoms with van der Waals surface area (Å²) in [6.07, 6.45) is 1.64. The number of allylic oxidation sites excluding steroid dienone is 1. The van der Waals surface area contributed by atoms with E-state index in [1.54, 1.807) is 13.0 Å². The molecule has 0 aliphatic heterocycles. The summed E-state index contributed by atoms with van der Waals surface area (Å²) >= 11 is 0. The topological polar surface area (TPSA) is 66.3 Å². The molecule has 5 nitrogen and oxygen atoms in total. The third-order valence-corrected chi connectivity index (χ3v) is 4.54. The number of carbonyl (C=O) groups excluding carboxylic acids is 1. The van der Waals surface area contributed by atoms with Crippen molar-refractivity contribution in [2.24, 2.45) is 0 Å². The molecule has 0 radical (unpaired) electrons. The zero-order chi connectivity index (χ0) is 20.3. The first-order valence-electron chi connectivity index (χ1n) is 8.88. The molecule has 0 unspecified atom stereocenters. The third kappa shape index (κ3) is 3.76. The van der Waals surface area contributed by atoms with Gasteiger partial charge in [0, 0.05) is 22.6 Å². The Bertz CT molecular complexity index is 1040. The maximum absolute atomic E-state index is 13.5. The zero-order valence-corrected chi connectivity index (χ0v) is 16.0. The summed E-state index contributed by atoms with van der Waals surface area (Å²) in [6.45, 7) is 5.54. The van der Waals surface area contributed by atoms with Crippen molar-refractivity contribution in [1.82, 2.24) is 15.4 Å². The lowest BCUT2D eigenvalue weighted by atomic mass is 10.1. The quantitative estimate of drug-likeness (QED) is 0.581. The van der Waals surface area contributed by atoms with Gasteiger partial charge in [-0.05, 0) is 57.2 Å². The highest BCUT2D eigenvalue weighted by atomic mass is 19.1. The minimum atomic E-state index is -0.480. The molecule has 28 heavy (non-hydrogen) atoms. The molecule has 0 spiro atoms. The molecule has 0 saturated carbocycles. The minimum Gasteiger partial charge on any atom is -0.507 e. The van der Waals surface area contributed by atoms with Crippen LogP contribution in [0.4, 0.5) is 4.39 Å². The van der Waals surface area contributed by atoms with E-state index < -0.39 is 5.82 Å². The molecule has 1 amide bonds. The van der Waals surface area contributed by atoms with Crippen LogP contribution in [-0.2, 0) is 0 Å². The highest BCUT2D eigenvalue weighted by Crippen LogP contribution is 2.24. The largest absolute Gasteiger partial charge is 0.507 e. The molecule has 2 aromatic carbocycles. The summed E-state index contributed by atoms with van der Waals surface area (Å²) in [4.78, 5) is 12.7. The standard InChI is InChI=1S/C22H22FN3O2/c1-4-20(19-13-16(23)10-11-21(19)27)24-25-22(28)18-12-14(2)26(15(18)3)17-8-6-5-7-9-17/h4-13,24,27H,1-3H3,(H,25,28)/b20-4+. The summed E-state index contributed by atoms with van der Waals surface area (Å²) < 4.78 is 15.5. The van der Waals surface area contributed by atoms with Gasteiger partial charge in [-0.1, -0.05) is 24.3 Å². The fourth-order valence-electron chi connectivity index (χ4n) is 3.18. The van der Waals surface area contributed by atoms with Crippen molar-refractivity contribution in [2.45, 2.75) is 20.8 Å². The van der Waals surface area contributed by atoms with Crippen molar-refractivity contribution in [3.05, 3.63) is 89.0 Å². The summed E-state index contributed by atoms with van der Waals surface area (Å²) in [6, 6.07) is 15.2. The fraction of sp³-hybridized carbons (Fsp3) is 0.136. The maximum Gasteiger partial charge on any atom is 0.271 e. The van der Waals surface area contributed by atoms with Crippen molar-refractivity contribution in [2.75, 3.05) is 0 Å². The smallest absolute Gasteiger partial charge is 0.271 e. The van der Waals surface area contributed by atoms with Gasteiger partial charge in [-0.15, -0.1) is 0 Å². The first kappa shape index (κ1) is 19.2. The number of hydrazine groups is 1. The lowest BCUT2D eigenvalue weighted by Crippen LogP contribution is -2.36. The molecule has 0 fully saturated rings. The van der Waals surface area contributed by atoms with E-state index in [1.807, 2.05) is 54.8 Å². The van der Waals surface area contributed by atoms with Crippen LogP contribution in [0.25, 0.3) is 11.4 Å². The number of para-hydroxylation sites is 1. The molecule has 0 bridgehead atoms. The number of phenolic OH excluding ortho intramolecular Hbond substituents is 1. The second kappa shape index (κ2) is 8.00. The Balaban J connectivity index is 1.81. The van der Waals surface area contributed by atoms with Crippen LogP contribution in [0.15, 0.2) is 60.7 Å². The molecule has 1 heterocycles. The number of aromatic nitrogens is 1. The van der Waals surface area contributed by atoms with Gasteiger partial charge in [-0.3, -0.25) is 15.6 Å². The Labute approximate surface area is 163 Å². The van der Waals surface area contributed by atoms with Gasteiger partial charge in [0.1, 0.15) is 11.6 Å². The van der Waals surface area contributed by atoms with E-state index in [2.05, 4.69) is 10.9 Å². The number of nitrogens with zero attached hydrogens (tertiary/aromatic N) is 1. The summed E-state index contributed by atoms with van der Waals surface area (Å²) in [5, 5.41) is 9.97. The van der Waals surface area contributed by atoms with Crippen molar-refractivity contribution in [1.29, 1.82) is 0 Å². The van der Waals surface area contributed by atoms with Crippen LogP contribution >= 0.6 is 0 Å². The van der Waals surface area contributed by atoms with Gasteiger partial charge in [0.25, 0.3) is 5.91 Å². The average molecular weight is 379 g/mol. The van der Waals surface area contributed by atoms with Crippen LogP contribution in [0.3, 0.4) is 0 Å². The highest BCUT2D eigenvalue weighted by Gasteiger charge is 2.17. The Morgan fingerprint density at radius 1 is 1.04 bits per heavy atom. The van der Waals surface area contributed by atoms with Crippen molar-refractivity contribution >= 4 is 11.6 Å². The normalized spacial score (nSPS) is 11.4. The van der Waals surface area contributed by atoms with Crippen molar-refractivity contribution in [3.63, 3.8) is 0 Å². The monoisotopic (exact) mass is 379 g/mol. The third-order valence-electron chi connectivity index (χ3n) is 4.54. The van der Waals surface area contributed by atoms with Gasteiger partial charge in [-0.2, -0.15) is 0 Å². The minimum absolute atomic E-state index is 0.0847. The number of phenols is 1. The van der Waals surface area contributed by atoms with Crippen LogP contribution < -0.4 is 10.9 Å². The molecule has 0 aliphatic rings. The van der Waals surface area contributed by atoms with E-state index in [-0.39, 0.29) is 17.2 Å². The molecule has 0 aliphatic carbocycles. The molecule has 3 aromatic rings. The lowest BCUT2D eigenvalue weighted by molar-refractivity contribution is 0.0941. The highest BCUT2D eigenvalue weighted by molar-refractivity contribution is 5.96. The number of nitrogens with one attached hydrogen (secondary N) is 2. The molecule has 3 N–H and O–H groups in total. The van der Waals surface area contributed by atoms with E-state index in [0.29, 0.717) is 11.3 Å². The molecule has 3 rings (SSSR count). The van der Waals surface area contributed by atoms with Crippen LogP contribution in [0.1, 0.15) is 34.2 Å². The fourth-order valence-corrected chi connectivity index (χ4v) is 3.18. The Hall–Kier alpha value is -3.54. The number of rotatable bonds is 5. The number of benzene rings is 2. The average Bonchev–Trinajstić information content (AvgIpc) is 2.99. The Morgan fingerprint density at radius 3 is 2.43 bits per heavy atom. The number of aromatic hydroxyl groups is 1. The molecular formula is C22H22FN3O2. The van der Waals surface area contributed by atoms with E-state index in [1.165, 1.54) is 18.2 Å². The maximum atomic E-state index is 13.5. The Kier molecular flexibility index (Phi) is 5.49. The van der Waals surface area contributed by atoms with E-state index in [0.717, 1.165) is 17.1 Å². The summed E-state index contributed by atoms with van der Waals surface area (Å²) in [5.74, 6) is -0.893. The molecule has 144 valence electrons. The number of hydrogen-bond acceptors (Lipinski definition) is 3. The van der Waals surface area contributed by atoms with E-state index in [9.17, 15) is 14.3 Å². The SMILES string of the molecule is C/C=C(/NNC(=O)c1cc(C)n(-c2ccccc2)c1C)c1cc(F)ccc1O. The van der Waals surface area contributed by atoms with Gasteiger partial charge in [0.05, 0.1) is 11.3 Å². The van der Waals surface area contributed by atoms with Gasteiger partial charge >= 0.3 is 0 Å². The van der Waals surface area contributed by atoms with Crippen molar-refractivity contribution < 1.29 is 14.3 Å². The summed E-state index contributed by atoms with van der Waals surface area (Å²) in [5.41, 5.74) is 9.28. The van der Waals surface area contributed by atoms with Gasteiger partial charge in [0.2, 0.25) is 0 Å². The van der Waals surface area contributed by atoms with Gasteiger partial charge < -0.3 is 9.67 Å². The number of carbonyl (C=O) groups is 1. The number of aryl methyl sites for hydroxylation is 1. The van der Waals surface area contributed by atoms with Crippen LogP contribution in [0.2, 0.25) is 0 Å². The first-order valence-corrected chi connectivity index (χ1v) is 8.88. The number of amides is 1. The van der Waals surface area contributed by atoms with Gasteiger partial charge in [-0.25, -0.2) is 4.39 Å². The van der Waals surface area contributed by atoms with Crippen LogP contribution in [-0.4, -0.2) is 15.6 Å². The van der Waals surface area contributed by atoms with Crippen LogP contribution in [0.5, 0.6) is 5.75 Å². The summed E-state index contributed by atoms with van der Waals surface area (Å²) in [7, 11) is 0. The van der Waals surface area contributed by atoms with Crippen LogP contribution in [0, 0.1) is 19.7 Å². The van der Waals surface area contributed by atoms with Gasteiger partial charge in [0.15, 0.2) is 0 Å². The molecule has 0 atom stereocenters.